The summed E-state index contributed by atoms with van der Waals surface area (Å²) in [5.41, 5.74) is 10.5. The molecular formula is C52H30N6O. The Labute approximate surface area is 337 Å². The van der Waals surface area contributed by atoms with E-state index in [1.807, 2.05) is 84.9 Å². The second kappa shape index (κ2) is 12.8. The molecule has 0 aliphatic heterocycles. The highest BCUT2D eigenvalue weighted by Gasteiger charge is 2.24. The minimum atomic E-state index is 0.443. The molecule has 12 aromatic rings. The predicted molar refractivity (Wildman–Crippen MR) is 237 cm³/mol. The van der Waals surface area contributed by atoms with E-state index in [1.165, 1.54) is 0 Å². The lowest BCUT2D eigenvalue weighted by atomic mass is 10.1. The Morgan fingerprint density at radius 3 is 1.90 bits per heavy atom. The number of hydrogen-bond acceptors (Lipinski definition) is 5. The van der Waals surface area contributed by atoms with Crippen LogP contribution in [0.5, 0.6) is 0 Å². The molecule has 59 heavy (non-hydrogen) atoms. The van der Waals surface area contributed by atoms with Gasteiger partial charge in [-0.25, -0.2) is 15.0 Å². The Bertz CT molecular complexity index is 3680. The topological polar surface area (TPSA) is 85.5 Å². The van der Waals surface area contributed by atoms with Crippen LogP contribution in [0.3, 0.4) is 0 Å². The summed E-state index contributed by atoms with van der Waals surface area (Å²) in [6.07, 6.45) is 0. The number of hydrogen-bond donors (Lipinski definition) is 0. The van der Waals surface area contributed by atoms with E-state index in [2.05, 4.69) is 112 Å². The molecule has 0 saturated carbocycles. The third-order valence-electron chi connectivity index (χ3n) is 11.4. The Balaban J connectivity index is 1.20. The van der Waals surface area contributed by atoms with Gasteiger partial charge in [0.25, 0.3) is 0 Å². The van der Waals surface area contributed by atoms with E-state index in [4.69, 9.17) is 19.4 Å². The summed E-state index contributed by atoms with van der Waals surface area (Å²) in [7, 11) is 0. The normalized spacial score (nSPS) is 11.7. The van der Waals surface area contributed by atoms with Gasteiger partial charge >= 0.3 is 0 Å². The lowest BCUT2D eigenvalue weighted by molar-refractivity contribution is 0.669. The van der Waals surface area contributed by atoms with Gasteiger partial charge < -0.3 is 13.6 Å². The highest BCUT2D eigenvalue weighted by molar-refractivity contribution is 6.26. The molecule has 8 aromatic carbocycles. The maximum Gasteiger partial charge on any atom is 0.167 e. The van der Waals surface area contributed by atoms with Crippen LogP contribution in [0.2, 0.25) is 0 Å². The number of nitrogens with zero attached hydrogens (tertiary/aromatic N) is 6. The third-order valence-corrected chi connectivity index (χ3v) is 11.4. The first-order valence-corrected chi connectivity index (χ1v) is 19.5. The molecule has 4 aromatic heterocycles. The summed E-state index contributed by atoms with van der Waals surface area (Å²) in [6.45, 7) is 0. The Kier molecular flexibility index (Phi) is 7.16. The van der Waals surface area contributed by atoms with Gasteiger partial charge in [-0.15, -0.1) is 0 Å². The van der Waals surface area contributed by atoms with Crippen molar-refractivity contribution in [3.8, 4) is 51.6 Å². The average molecular weight is 755 g/mol. The molecule has 0 aliphatic rings. The van der Waals surface area contributed by atoms with E-state index in [1.54, 1.807) is 0 Å². The standard InChI is InChI=1S/C52H30N6O/c53-31-32-26-28-44(58-42-23-10-7-18-35(42)37-27-29-45-47(48(37)58)39-20-8-11-24-43(39)57(45)34-16-5-2-6-17-34)41(30-32)52-55-50(33-14-3-1-4-15-33)54-51(56-52)40-22-13-21-38-36-19-9-12-25-46(36)59-49(38)40/h1-30H. The number of aromatic nitrogens is 5. The summed E-state index contributed by atoms with van der Waals surface area (Å²) < 4.78 is 11.2. The van der Waals surface area contributed by atoms with E-state index < -0.39 is 0 Å². The molecule has 0 atom stereocenters. The third kappa shape index (κ3) is 4.97. The van der Waals surface area contributed by atoms with Crippen LogP contribution in [0.25, 0.3) is 111 Å². The number of furan rings is 1. The number of benzene rings is 8. The van der Waals surface area contributed by atoms with Crippen LogP contribution in [0.15, 0.2) is 186 Å². The van der Waals surface area contributed by atoms with Crippen molar-refractivity contribution in [2.75, 3.05) is 0 Å². The molecule has 7 nitrogen and oxygen atoms in total. The van der Waals surface area contributed by atoms with E-state index in [-0.39, 0.29) is 0 Å². The average Bonchev–Trinajstić information content (AvgIpc) is 3.97. The first-order valence-electron chi connectivity index (χ1n) is 19.5. The maximum absolute atomic E-state index is 10.4. The van der Waals surface area contributed by atoms with Gasteiger partial charge in [-0.1, -0.05) is 121 Å². The monoisotopic (exact) mass is 754 g/mol. The van der Waals surface area contributed by atoms with Crippen LogP contribution in [0.1, 0.15) is 5.56 Å². The van der Waals surface area contributed by atoms with Crippen LogP contribution >= 0.6 is 0 Å². The summed E-state index contributed by atoms with van der Waals surface area (Å²) in [5, 5.41) is 16.9. The number of fused-ring (bicyclic) bond motifs is 10. The Morgan fingerprint density at radius 1 is 0.458 bits per heavy atom. The molecule has 0 amide bonds. The van der Waals surface area contributed by atoms with Crippen molar-refractivity contribution < 1.29 is 4.42 Å². The van der Waals surface area contributed by atoms with Crippen molar-refractivity contribution in [1.82, 2.24) is 24.1 Å². The van der Waals surface area contributed by atoms with Gasteiger partial charge in [0.2, 0.25) is 0 Å². The van der Waals surface area contributed by atoms with Gasteiger partial charge in [0, 0.05) is 49.1 Å². The minimum absolute atomic E-state index is 0.443. The molecule has 7 heteroatoms. The van der Waals surface area contributed by atoms with Gasteiger partial charge in [0.1, 0.15) is 11.2 Å². The molecule has 0 fully saturated rings. The zero-order valence-corrected chi connectivity index (χ0v) is 31.4. The fourth-order valence-corrected chi connectivity index (χ4v) is 8.85. The van der Waals surface area contributed by atoms with Gasteiger partial charge in [0.05, 0.1) is 45.0 Å². The van der Waals surface area contributed by atoms with E-state index in [9.17, 15) is 5.26 Å². The largest absolute Gasteiger partial charge is 0.455 e. The van der Waals surface area contributed by atoms with Crippen molar-refractivity contribution in [3.05, 3.63) is 188 Å². The number of rotatable bonds is 5. The van der Waals surface area contributed by atoms with Crippen LogP contribution in [0.4, 0.5) is 0 Å². The molecule has 274 valence electrons. The fraction of sp³-hybridized carbons (Fsp3) is 0. The molecule has 0 N–H and O–H groups in total. The first-order chi connectivity index (χ1) is 29.2. The first kappa shape index (κ1) is 32.9. The van der Waals surface area contributed by atoms with Crippen molar-refractivity contribution in [1.29, 1.82) is 5.26 Å². The summed E-state index contributed by atoms with van der Waals surface area (Å²) in [5.74, 6) is 1.43. The highest BCUT2D eigenvalue weighted by Crippen LogP contribution is 2.44. The van der Waals surface area contributed by atoms with Crippen LogP contribution in [-0.2, 0) is 0 Å². The molecule has 4 heterocycles. The zero-order valence-electron chi connectivity index (χ0n) is 31.4. The molecule has 0 saturated heterocycles. The second-order valence-electron chi connectivity index (χ2n) is 14.7. The molecule has 12 rings (SSSR count). The van der Waals surface area contributed by atoms with Gasteiger partial charge in [-0.3, -0.25) is 0 Å². The van der Waals surface area contributed by atoms with E-state index in [0.29, 0.717) is 34.2 Å². The lowest BCUT2D eigenvalue weighted by Crippen LogP contribution is -2.04. The fourth-order valence-electron chi connectivity index (χ4n) is 8.85. The van der Waals surface area contributed by atoms with Crippen molar-refractivity contribution in [2.45, 2.75) is 0 Å². The molecule has 0 bridgehead atoms. The quantitative estimate of drug-likeness (QED) is 0.175. The number of nitriles is 1. The minimum Gasteiger partial charge on any atom is -0.455 e. The van der Waals surface area contributed by atoms with E-state index in [0.717, 1.165) is 82.5 Å². The Morgan fingerprint density at radius 2 is 1.10 bits per heavy atom. The molecule has 0 radical (unpaired) electrons. The van der Waals surface area contributed by atoms with E-state index >= 15 is 0 Å². The highest BCUT2D eigenvalue weighted by atomic mass is 16.3. The second-order valence-corrected chi connectivity index (χ2v) is 14.7. The van der Waals surface area contributed by atoms with Crippen molar-refractivity contribution in [2.24, 2.45) is 0 Å². The Hall–Kier alpha value is -8.34. The summed E-state index contributed by atoms with van der Waals surface area (Å²) in [4.78, 5) is 15.6. The van der Waals surface area contributed by atoms with Crippen molar-refractivity contribution in [3.63, 3.8) is 0 Å². The summed E-state index contributed by atoms with van der Waals surface area (Å²) in [6, 6.07) is 64.4. The van der Waals surface area contributed by atoms with Gasteiger partial charge in [0.15, 0.2) is 17.5 Å². The van der Waals surface area contributed by atoms with Gasteiger partial charge in [-0.05, 0) is 60.7 Å². The maximum atomic E-state index is 10.4. The lowest BCUT2D eigenvalue weighted by Gasteiger charge is -2.15. The van der Waals surface area contributed by atoms with Crippen molar-refractivity contribution >= 4 is 65.6 Å². The molecule has 0 unspecified atom stereocenters. The van der Waals surface area contributed by atoms with Crippen LogP contribution < -0.4 is 0 Å². The summed E-state index contributed by atoms with van der Waals surface area (Å²) >= 11 is 0. The predicted octanol–water partition coefficient (Wildman–Crippen LogP) is 12.8. The van der Waals surface area contributed by atoms with Crippen LogP contribution in [0, 0.1) is 11.3 Å². The molecular weight excluding hydrogens is 725 g/mol. The van der Waals surface area contributed by atoms with Crippen LogP contribution in [-0.4, -0.2) is 24.1 Å². The SMILES string of the molecule is N#Cc1ccc(-n2c3ccccc3c3ccc4c(c5ccccc5n4-c4ccccc4)c32)c(-c2nc(-c3ccccc3)nc(-c3cccc4c3oc3ccccc34)n2)c1. The van der Waals surface area contributed by atoms with Gasteiger partial charge in [-0.2, -0.15) is 5.26 Å². The molecule has 0 spiro atoms. The smallest absolute Gasteiger partial charge is 0.167 e. The zero-order chi connectivity index (χ0) is 39.0. The number of para-hydroxylation sites is 5. The molecule has 0 aliphatic carbocycles.